The van der Waals surface area contributed by atoms with Gasteiger partial charge in [-0.2, -0.15) is 0 Å². The Hall–Kier alpha value is -1.77. The fraction of sp³-hybridized carbons (Fsp3) is 0.438. The quantitative estimate of drug-likeness (QED) is 0.819. The van der Waals surface area contributed by atoms with Gasteiger partial charge in [0.1, 0.15) is 11.5 Å². The van der Waals surface area contributed by atoms with Crippen LogP contribution >= 0.6 is 0 Å². The van der Waals surface area contributed by atoms with Crippen LogP contribution in [0.25, 0.3) is 0 Å². The minimum Gasteiger partial charge on any atom is -0.464 e. The number of rotatable bonds is 2. The summed E-state index contributed by atoms with van der Waals surface area (Å²) in [5, 5.41) is 0. The first-order valence-electron chi connectivity index (χ1n) is 6.88. The molecule has 0 aromatic carbocycles. The lowest BCUT2D eigenvalue weighted by Crippen LogP contribution is -2.16. The molecule has 2 aromatic rings. The van der Waals surface area contributed by atoms with Crippen molar-refractivity contribution < 1.29 is 9.21 Å². The van der Waals surface area contributed by atoms with Crippen molar-refractivity contribution in [3.63, 3.8) is 0 Å². The van der Waals surface area contributed by atoms with Gasteiger partial charge in [-0.25, -0.2) is 0 Å². The van der Waals surface area contributed by atoms with Crippen molar-refractivity contribution in [3.8, 4) is 0 Å². The lowest BCUT2D eigenvalue weighted by molar-refractivity contribution is 0.0971. The maximum absolute atomic E-state index is 12.0. The third kappa shape index (κ3) is 1.93. The molecule has 2 aromatic heterocycles. The molecule has 0 amide bonds. The van der Waals surface area contributed by atoms with Crippen molar-refractivity contribution in [2.45, 2.75) is 46.1 Å². The van der Waals surface area contributed by atoms with Crippen LogP contribution in [-0.4, -0.2) is 10.4 Å². The van der Waals surface area contributed by atoms with Gasteiger partial charge in [-0.1, -0.05) is 0 Å². The second kappa shape index (κ2) is 4.41. The van der Waals surface area contributed by atoms with E-state index in [0.29, 0.717) is 6.42 Å². The van der Waals surface area contributed by atoms with Crippen LogP contribution in [0.15, 0.2) is 22.6 Å². The molecule has 0 N–H and O–H groups in total. The average Bonchev–Trinajstić information content (AvgIpc) is 2.93. The fourth-order valence-electron chi connectivity index (χ4n) is 3.10. The molecule has 1 aliphatic carbocycles. The van der Waals surface area contributed by atoms with Gasteiger partial charge in [0.2, 0.25) is 0 Å². The zero-order chi connectivity index (χ0) is 13.6. The van der Waals surface area contributed by atoms with E-state index in [-0.39, 0.29) is 11.8 Å². The lowest BCUT2D eigenvalue weighted by atomic mass is 9.96. The van der Waals surface area contributed by atoms with E-state index in [2.05, 4.69) is 18.4 Å². The highest BCUT2D eigenvalue weighted by Crippen LogP contribution is 2.31. The Kier molecular flexibility index (Phi) is 2.85. The third-order valence-electron chi connectivity index (χ3n) is 4.01. The predicted molar refractivity (Wildman–Crippen MR) is 73.7 cm³/mol. The number of furan rings is 1. The van der Waals surface area contributed by atoms with Crippen LogP contribution in [-0.2, 0) is 6.42 Å². The van der Waals surface area contributed by atoms with Crippen LogP contribution < -0.4 is 0 Å². The fourth-order valence-corrected chi connectivity index (χ4v) is 3.10. The normalized spacial score (nSPS) is 16.5. The summed E-state index contributed by atoms with van der Waals surface area (Å²) >= 11 is 0. The molecule has 1 atom stereocenters. The third-order valence-corrected chi connectivity index (χ3v) is 4.01. The summed E-state index contributed by atoms with van der Waals surface area (Å²) < 4.78 is 7.99. The molecule has 0 bridgehead atoms. The van der Waals surface area contributed by atoms with E-state index in [1.807, 2.05) is 25.1 Å². The number of carbonyl (C=O) groups is 1. The Morgan fingerprint density at radius 1 is 1.26 bits per heavy atom. The number of nitrogens with zero attached hydrogens (tertiary/aromatic N) is 1. The van der Waals surface area contributed by atoms with Crippen LogP contribution in [0.5, 0.6) is 0 Å². The summed E-state index contributed by atoms with van der Waals surface area (Å²) in [4.78, 5) is 12.0. The summed E-state index contributed by atoms with van der Waals surface area (Å²) in [7, 11) is 0. The SMILES string of the molecule is Cc1ccc(C(C)n2c(C)cc3c2CCCC3=O)o1. The van der Waals surface area contributed by atoms with Gasteiger partial charge in [0.15, 0.2) is 5.78 Å². The number of hydrogen-bond acceptors (Lipinski definition) is 2. The number of hydrogen-bond donors (Lipinski definition) is 0. The second-order valence-corrected chi connectivity index (χ2v) is 5.42. The monoisotopic (exact) mass is 257 g/mol. The van der Waals surface area contributed by atoms with Crippen molar-refractivity contribution >= 4 is 5.78 Å². The molecule has 1 aliphatic rings. The van der Waals surface area contributed by atoms with Gasteiger partial charge in [-0.05, 0) is 51.8 Å². The Balaban J connectivity index is 2.08. The Morgan fingerprint density at radius 2 is 2.05 bits per heavy atom. The Bertz CT molecular complexity index is 633. The Labute approximate surface area is 113 Å². The standard InChI is InChI=1S/C16H19NO2/c1-10-9-13-14(5-4-6-15(13)18)17(10)12(3)16-8-7-11(2)19-16/h7-9,12H,4-6H2,1-3H3. The highest BCUT2D eigenvalue weighted by Gasteiger charge is 2.25. The van der Waals surface area contributed by atoms with E-state index < -0.39 is 0 Å². The van der Waals surface area contributed by atoms with Crippen molar-refractivity contribution in [2.24, 2.45) is 0 Å². The molecule has 3 heteroatoms. The topological polar surface area (TPSA) is 35.1 Å². The molecule has 3 rings (SSSR count). The van der Waals surface area contributed by atoms with Gasteiger partial charge in [0.25, 0.3) is 0 Å². The Morgan fingerprint density at radius 3 is 2.74 bits per heavy atom. The number of Topliss-reactive ketones (excluding diaryl/α,β-unsaturated/α-hetero) is 1. The number of ketones is 1. The highest BCUT2D eigenvalue weighted by molar-refractivity contribution is 5.98. The number of carbonyl (C=O) groups excluding carboxylic acids is 1. The lowest BCUT2D eigenvalue weighted by Gasteiger charge is -2.20. The molecule has 3 nitrogen and oxygen atoms in total. The van der Waals surface area contributed by atoms with E-state index in [0.717, 1.165) is 35.6 Å². The van der Waals surface area contributed by atoms with Gasteiger partial charge < -0.3 is 8.98 Å². The molecule has 2 heterocycles. The molecule has 0 spiro atoms. The second-order valence-electron chi connectivity index (χ2n) is 5.42. The van der Waals surface area contributed by atoms with Crippen LogP contribution in [0, 0.1) is 13.8 Å². The molecular formula is C16H19NO2. The maximum atomic E-state index is 12.0. The predicted octanol–water partition coefficient (Wildman–Crippen LogP) is 3.83. The van der Waals surface area contributed by atoms with Crippen LogP contribution in [0.1, 0.15) is 59.1 Å². The largest absolute Gasteiger partial charge is 0.464 e. The number of aromatic nitrogens is 1. The van der Waals surface area contributed by atoms with E-state index in [1.54, 1.807) is 0 Å². The molecule has 0 aliphatic heterocycles. The zero-order valence-corrected chi connectivity index (χ0v) is 11.7. The summed E-state index contributed by atoms with van der Waals surface area (Å²) in [6.45, 7) is 6.15. The summed E-state index contributed by atoms with van der Waals surface area (Å²) in [6.07, 6.45) is 2.63. The van der Waals surface area contributed by atoms with Crippen LogP contribution in [0.2, 0.25) is 0 Å². The molecular weight excluding hydrogens is 238 g/mol. The first-order chi connectivity index (χ1) is 9.08. The summed E-state index contributed by atoms with van der Waals surface area (Å²) in [6, 6.07) is 6.19. The van der Waals surface area contributed by atoms with Gasteiger partial charge >= 0.3 is 0 Å². The van der Waals surface area contributed by atoms with Crippen molar-refractivity contribution in [3.05, 3.63) is 46.7 Å². The average molecular weight is 257 g/mol. The minimum absolute atomic E-state index is 0.142. The van der Waals surface area contributed by atoms with Gasteiger partial charge in [-0.3, -0.25) is 4.79 Å². The van der Waals surface area contributed by atoms with Crippen LogP contribution in [0.4, 0.5) is 0 Å². The molecule has 0 saturated heterocycles. The van der Waals surface area contributed by atoms with E-state index >= 15 is 0 Å². The molecule has 19 heavy (non-hydrogen) atoms. The molecule has 0 fully saturated rings. The summed E-state index contributed by atoms with van der Waals surface area (Å²) in [5.74, 6) is 2.17. The number of aryl methyl sites for hydroxylation is 2. The first-order valence-corrected chi connectivity index (χ1v) is 6.88. The molecule has 0 saturated carbocycles. The van der Waals surface area contributed by atoms with Gasteiger partial charge in [0, 0.05) is 23.4 Å². The van der Waals surface area contributed by atoms with E-state index in [1.165, 1.54) is 5.69 Å². The van der Waals surface area contributed by atoms with Gasteiger partial charge in [0.05, 0.1) is 6.04 Å². The molecule has 1 unspecified atom stereocenters. The maximum Gasteiger partial charge on any atom is 0.164 e. The van der Waals surface area contributed by atoms with Crippen molar-refractivity contribution in [1.29, 1.82) is 0 Å². The minimum atomic E-state index is 0.142. The summed E-state index contributed by atoms with van der Waals surface area (Å²) in [5.41, 5.74) is 3.23. The smallest absolute Gasteiger partial charge is 0.164 e. The van der Waals surface area contributed by atoms with Crippen molar-refractivity contribution in [2.75, 3.05) is 0 Å². The van der Waals surface area contributed by atoms with Gasteiger partial charge in [-0.15, -0.1) is 0 Å². The highest BCUT2D eigenvalue weighted by atomic mass is 16.3. The first kappa shape index (κ1) is 12.3. The molecule has 0 radical (unpaired) electrons. The van der Waals surface area contributed by atoms with Crippen LogP contribution in [0.3, 0.4) is 0 Å². The zero-order valence-electron chi connectivity index (χ0n) is 11.7. The van der Waals surface area contributed by atoms with E-state index in [9.17, 15) is 4.79 Å². The number of fused-ring (bicyclic) bond motifs is 1. The molecule has 100 valence electrons. The van der Waals surface area contributed by atoms with Crippen molar-refractivity contribution in [1.82, 2.24) is 4.57 Å². The van der Waals surface area contributed by atoms with E-state index in [4.69, 9.17) is 4.42 Å².